The third-order valence-corrected chi connectivity index (χ3v) is 5.28. The summed E-state index contributed by atoms with van der Waals surface area (Å²) in [5.41, 5.74) is 4.10. The first-order valence-electron chi connectivity index (χ1n) is 10.3. The molecule has 4 rings (SSSR count). The number of carbonyl (C=O) groups is 1. The van der Waals surface area contributed by atoms with Crippen LogP contribution in [0.3, 0.4) is 0 Å². The number of aromatic nitrogens is 1. The molecule has 0 aliphatic rings. The van der Waals surface area contributed by atoms with Crippen LogP contribution in [0, 0.1) is 0 Å². The first-order valence-corrected chi connectivity index (χ1v) is 10.3. The van der Waals surface area contributed by atoms with Gasteiger partial charge in [-0.2, -0.15) is 0 Å². The maximum Gasteiger partial charge on any atom is 0.271 e. The average molecular weight is 395 g/mol. The molecule has 150 valence electrons. The molecule has 0 unspecified atom stereocenters. The molecule has 0 saturated heterocycles. The zero-order valence-electron chi connectivity index (χ0n) is 17.2. The first-order chi connectivity index (χ1) is 14.8. The van der Waals surface area contributed by atoms with Gasteiger partial charge in [-0.25, -0.2) is 0 Å². The van der Waals surface area contributed by atoms with E-state index < -0.39 is 0 Å². The molecular formula is C27H26N2O. The second kappa shape index (κ2) is 9.27. The zero-order valence-corrected chi connectivity index (χ0v) is 17.2. The van der Waals surface area contributed by atoms with Crippen LogP contribution in [0.1, 0.15) is 28.5 Å². The SMILES string of the molecule is C/C=C/CN(Cc1ccccc1)C(=O)c1cc2ccccc2n1Cc1ccccc1. The molecule has 0 bridgehead atoms. The molecule has 1 heterocycles. The Hall–Kier alpha value is -3.59. The molecule has 3 heteroatoms. The molecule has 3 nitrogen and oxygen atoms in total. The van der Waals surface area contributed by atoms with Gasteiger partial charge in [-0.1, -0.05) is 91.0 Å². The number of allylic oxidation sites excluding steroid dienone is 1. The Labute approximate surface area is 177 Å². The van der Waals surface area contributed by atoms with Crippen LogP contribution in [0.25, 0.3) is 10.9 Å². The van der Waals surface area contributed by atoms with Crippen LogP contribution < -0.4 is 0 Å². The summed E-state index contributed by atoms with van der Waals surface area (Å²) in [5, 5.41) is 1.09. The van der Waals surface area contributed by atoms with Gasteiger partial charge in [-0.15, -0.1) is 0 Å². The van der Waals surface area contributed by atoms with Crippen LogP contribution in [0.2, 0.25) is 0 Å². The number of para-hydroxylation sites is 1. The fourth-order valence-corrected chi connectivity index (χ4v) is 3.74. The van der Waals surface area contributed by atoms with Gasteiger partial charge in [0, 0.05) is 30.5 Å². The summed E-state index contributed by atoms with van der Waals surface area (Å²) in [6.07, 6.45) is 4.02. The summed E-state index contributed by atoms with van der Waals surface area (Å²) in [6, 6.07) is 30.7. The molecule has 4 aromatic rings. The van der Waals surface area contributed by atoms with Crippen molar-refractivity contribution in [3.63, 3.8) is 0 Å². The van der Waals surface area contributed by atoms with E-state index in [-0.39, 0.29) is 5.91 Å². The Morgan fingerprint density at radius 1 is 0.867 bits per heavy atom. The highest BCUT2D eigenvalue weighted by Gasteiger charge is 2.21. The maximum atomic E-state index is 13.7. The van der Waals surface area contributed by atoms with Crippen molar-refractivity contribution >= 4 is 16.8 Å². The molecule has 0 saturated carbocycles. The second-order valence-electron chi connectivity index (χ2n) is 7.40. The number of rotatable bonds is 7. The molecule has 0 atom stereocenters. The summed E-state index contributed by atoms with van der Waals surface area (Å²) in [6.45, 7) is 3.81. The number of amides is 1. The first kappa shape index (κ1) is 19.7. The minimum Gasteiger partial charge on any atom is -0.332 e. The third-order valence-electron chi connectivity index (χ3n) is 5.28. The minimum atomic E-state index is 0.0454. The van der Waals surface area contributed by atoms with Crippen LogP contribution in [-0.4, -0.2) is 21.9 Å². The molecule has 30 heavy (non-hydrogen) atoms. The van der Waals surface area contributed by atoms with E-state index in [1.807, 2.05) is 78.6 Å². The maximum absolute atomic E-state index is 13.7. The molecule has 0 aliphatic carbocycles. The lowest BCUT2D eigenvalue weighted by molar-refractivity contribution is 0.0752. The Bertz CT molecular complexity index is 1140. The number of nitrogens with zero attached hydrogens (tertiary/aromatic N) is 2. The molecule has 0 radical (unpaired) electrons. The van der Waals surface area contributed by atoms with E-state index in [9.17, 15) is 4.79 Å². The van der Waals surface area contributed by atoms with Gasteiger partial charge in [-0.05, 0) is 30.2 Å². The van der Waals surface area contributed by atoms with Gasteiger partial charge in [0.05, 0.1) is 0 Å². The monoisotopic (exact) mass is 394 g/mol. The van der Waals surface area contributed by atoms with E-state index in [0.717, 1.165) is 22.2 Å². The summed E-state index contributed by atoms with van der Waals surface area (Å²) >= 11 is 0. The fraction of sp³-hybridized carbons (Fsp3) is 0.148. The van der Waals surface area contributed by atoms with Crippen molar-refractivity contribution < 1.29 is 4.79 Å². The minimum absolute atomic E-state index is 0.0454. The van der Waals surface area contributed by atoms with Crippen LogP contribution in [0.15, 0.2) is 103 Å². The normalized spacial score (nSPS) is 11.2. The smallest absolute Gasteiger partial charge is 0.271 e. The highest BCUT2D eigenvalue weighted by atomic mass is 16.2. The largest absolute Gasteiger partial charge is 0.332 e. The third kappa shape index (κ3) is 4.36. The lowest BCUT2D eigenvalue weighted by Crippen LogP contribution is -2.32. The van der Waals surface area contributed by atoms with Gasteiger partial charge < -0.3 is 9.47 Å². The molecule has 0 fully saturated rings. The van der Waals surface area contributed by atoms with E-state index in [2.05, 4.69) is 41.0 Å². The Morgan fingerprint density at radius 3 is 2.20 bits per heavy atom. The molecule has 3 aromatic carbocycles. The van der Waals surface area contributed by atoms with Gasteiger partial charge in [0.2, 0.25) is 0 Å². The quantitative estimate of drug-likeness (QED) is 0.358. The van der Waals surface area contributed by atoms with Crippen molar-refractivity contribution in [3.8, 4) is 0 Å². The molecule has 0 spiro atoms. The van der Waals surface area contributed by atoms with E-state index in [1.165, 1.54) is 5.56 Å². The van der Waals surface area contributed by atoms with Crippen molar-refractivity contribution in [1.82, 2.24) is 9.47 Å². The van der Waals surface area contributed by atoms with E-state index in [0.29, 0.717) is 19.6 Å². The van der Waals surface area contributed by atoms with Gasteiger partial charge >= 0.3 is 0 Å². The number of fused-ring (bicyclic) bond motifs is 1. The number of hydrogen-bond donors (Lipinski definition) is 0. The molecule has 0 aliphatic heterocycles. The van der Waals surface area contributed by atoms with Crippen LogP contribution in [0.4, 0.5) is 0 Å². The van der Waals surface area contributed by atoms with Gasteiger partial charge in [0.15, 0.2) is 0 Å². The highest BCUT2D eigenvalue weighted by Crippen LogP contribution is 2.23. The van der Waals surface area contributed by atoms with Crippen LogP contribution in [-0.2, 0) is 13.1 Å². The summed E-state index contributed by atoms with van der Waals surface area (Å²) in [4.78, 5) is 15.6. The topological polar surface area (TPSA) is 25.2 Å². The molecular weight excluding hydrogens is 368 g/mol. The predicted octanol–water partition coefficient (Wildman–Crippen LogP) is 5.91. The van der Waals surface area contributed by atoms with Gasteiger partial charge in [0.1, 0.15) is 5.69 Å². The molecule has 0 N–H and O–H groups in total. The summed E-state index contributed by atoms with van der Waals surface area (Å²) in [5.74, 6) is 0.0454. The van der Waals surface area contributed by atoms with Crippen LogP contribution in [0.5, 0.6) is 0 Å². The molecule has 1 aromatic heterocycles. The van der Waals surface area contributed by atoms with Crippen LogP contribution >= 0.6 is 0 Å². The lowest BCUT2D eigenvalue weighted by atomic mass is 10.2. The standard InChI is InChI=1S/C27H26N2O/c1-2-3-18-28(20-22-12-6-4-7-13-22)27(30)26-19-24-16-10-11-17-25(24)29(26)21-23-14-8-5-9-15-23/h2-17,19H,18,20-21H2,1H3/b3-2+. The van der Waals surface area contributed by atoms with Gasteiger partial charge in [-0.3, -0.25) is 4.79 Å². The van der Waals surface area contributed by atoms with Crippen molar-refractivity contribution in [2.75, 3.05) is 6.54 Å². The van der Waals surface area contributed by atoms with Crippen molar-refractivity contribution in [3.05, 3.63) is 120 Å². The Kier molecular flexibility index (Phi) is 6.09. The van der Waals surface area contributed by atoms with E-state index in [4.69, 9.17) is 0 Å². The van der Waals surface area contributed by atoms with E-state index >= 15 is 0 Å². The Morgan fingerprint density at radius 2 is 1.50 bits per heavy atom. The van der Waals surface area contributed by atoms with Crippen molar-refractivity contribution in [2.24, 2.45) is 0 Å². The van der Waals surface area contributed by atoms with Crippen molar-refractivity contribution in [1.29, 1.82) is 0 Å². The predicted molar refractivity (Wildman–Crippen MR) is 123 cm³/mol. The highest BCUT2D eigenvalue weighted by molar-refractivity contribution is 5.99. The number of carbonyl (C=O) groups excluding carboxylic acids is 1. The fourth-order valence-electron chi connectivity index (χ4n) is 3.74. The van der Waals surface area contributed by atoms with Crippen molar-refractivity contribution in [2.45, 2.75) is 20.0 Å². The summed E-state index contributed by atoms with van der Waals surface area (Å²) < 4.78 is 2.14. The lowest BCUT2D eigenvalue weighted by Gasteiger charge is -2.22. The van der Waals surface area contributed by atoms with Gasteiger partial charge in [0.25, 0.3) is 5.91 Å². The second-order valence-corrected chi connectivity index (χ2v) is 7.40. The summed E-state index contributed by atoms with van der Waals surface area (Å²) in [7, 11) is 0. The average Bonchev–Trinajstić information content (AvgIpc) is 3.16. The Balaban J connectivity index is 1.73. The van der Waals surface area contributed by atoms with E-state index in [1.54, 1.807) is 0 Å². The number of benzene rings is 3. The molecule has 1 amide bonds. The number of hydrogen-bond acceptors (Lipinski definition) is 1. The zero-order chi connectivity index (χ0) is 20.8.